The Hall–Kier alpha value is -1.30. The van der Waals surface area contributed by atoms with Crippen molar-refractivity contribution in [1.82, 2.24) is 0 Å². The molecule has 0 bridgehead atoms. The van der Waals surface area contributed by atoms with Gasteiger partial charge in [0.1, 0.15) is 10.7 Å². The number of aryl methyl sites for hydroxylation is 1. The summed E-state index contributed by atoms with van der Waals surface area (Å²) >= 11 is 11.8. The number of hydrogen-bond donors (Lipinski definition) is 1. The van der Waals surface area contributed by atoms with Gasteiger partial charge in [-0.05, 0) is 42.8 Å². The predicted octanol–water partition coefficient (Wildman–Crippen LogP) is 4.24. The molecule has 2 aromatic carbocycles. The summed E-state index contributed by atoms with van der Waals surface area (Å²) in [6, 6.07) is 8.14. The summed E-state index contributed by atoms with van der Waals surface area (Å²) < 4.78 is 40.0. The van der Waals surface area contributed by atoms with Gasteiger partial charge in [0, 0.05) is 0 Å². The van der Waals surface area contributed by atoms with Gasteiger partial charge in [-0.25, -0.2) is 12.8 Å². The molecule has 0 fully saturated rings. The standard InChI is InChI=1S/C13H10Cl2FNO2S/c1-8-7-9(16)5-6-12(8)17-20(18,19)13-10(14)3-2-4-11(13)15/h2-7,17H,1H3. The third-order valence-electron chi connectivity index (χ3n) is 2.62. The molecule has 0 amide bonds. The molecule has 20 heavy (non-hydrogen) atoms. The summed E-state index contributed by atoms with van der Waals surface area (Å²) in [5.41, 5.74) is 0.721. The van der Waals surface area contributed by atoms with Crippen LogP contribution in [0.5, 0.6) is 0 Å². The molecule has 0 aliphatic carbocycles. The number of hydrogen-bond acceptors (Lipinski definition) is 2. The van der Waals surface area contributed by atoms with E-state index >= 15 is 0 Å². The molecule has 0 saturated carbocycles. The molecule has 0 saturated heterocycles. The predicted molar refractivity (Wildman–Crippen MR) is 78.4 cm³/mol. The molecule has 0 aliphatic heterocycles. The summed E-state index contributed by atoms with van der Waals surface area (Å²) in [5.74, 6) is -0.443. The van der Waals surface area contributed by atoms with Gasteiger partial charge in [-0.15, -0.1) is 0 Å². The Morgan fingerprint density at radius 3 is 2.25 bits per heavy atom. The van der Waals surface area contributed by atoms with Crippen molar-refractivity contribution in [2.45, 2.75) is 11.8 Å². The fourth-order valence-corrected chi connectivity index (χ4v) is 3.95. The highest BCUT2D eigenvalue weighted by Gasteiger charge is 2.22. The monoisotopic (exact) mass is 333 g/mol. The van der Waals surface area contributed by atoms with Crippen LogP contribution >= 0.6 is 23.2 Å². The van der Waals surface area contributed by atoms with Crippen LogP contribution in [0.25, 0.3) is 0 Å². The first kappa shape index (κ1) is 15.1. The quantitative estimate of drug-likeness (QED) is 0.912. The fraction of sp³-hybridized carbons (Fsp3) is 0.0769. The van der Waals surface area contributed by atoms with Crippen molar-refractivity contribution in [3.8, 4) is 0 Å². The second-order valence-corrected chi connectivity index (χ2v) is 6.55. The van der Waals surface area contributed by atoms with Gasteiger partial charge in [0.2, 0.25) is 0 Å². The highest BCUT2D eigenvalue weighted by Crippen LogP contribution is 2.31. The summed E-state index contributed by atoms with van der Waals surface area (Å²) in [6.07, 6.45) is 0. The van der Waals surface area contributed by atoms with Crippen molar-refractivity contribution in [3.63, 3.8) is 0 Å². The smallest absolute Gasteiger partial charge is 0.264 e. The van der Waals surface area contributed by atoms with Crippen LogP contribution in [0.1, 0.15) is 5.56 Å². The number of rotatable bonds is 3. The Labute approximate surface area is 126 Å². The third-order valence-corrected chi connectivity index (χ3v) is 4.94. The van der Waals surface area contributed by atoms with E-state index in [-0.39, 0.29) is 20.6 Å². The van der Waals surface area contributed by atoms with Crippen molar-refractivity contribution in [1.29, 1.82) is 0 Å². The van der Waals surface area contributed by atoms with Crippen molar-refractivity contribution >= 4 is 38.9 Å². The van der Waals surface area contributed by atoms with Crippen molar-refractivity contribution < 1.29 is 12.8 Å². The number of benzene rings is 2. The largest absolute Gasteiger partial charge is 0.279 e. The molecule has 0 unspecified atom stereocenters. The minimum absolute atomic E-state index is 0.0183. The second-order valence-electron chi connectivity index (χ2n) is 4.12. The first-order valence-corrected chi connectivity index (χ1v) is 7.78. The average Bonchev–Trinajstić information content (AvgIpc) is 2.32. The zero-order chi connectivity index (χ0) is 14.9. The topological polar surface area (TPSA) is 46.2 Å². The van der Waals surface area contributed by atoms with Gasteiger partial charge in [0.05, 0.1) is 15.7 Å². The molecule has 0 aromatic heterocycles. The lowest BCUT2D eigenvalue weighted by Gasteiger charge is -2.12. The molecule has 0 spiro atoms. The molecule has 3 nitrogen and oxygen atoms in total. The van der Waals surface area contributed by atoms with Gasteiger partial charge in [-0.2, -0.15) is 0 Å². The molecule has 2 aromatic rings. The van der Waals surface area contributed by atoms with E-state index in [9.17, 15) is 12.8 Å². The van der Waals surface area contributed by atoms with E-state index in [1.807, 2.05) is 0 Å². The van der Waals surface area contributed by atoms with E-state index in [1.54, 1.807) is 13.0 Å². The van der Waals surface area contributed by atoms with E-state index in [0.29, 0.717) is 5.56 Å². The SMILES string of the molecule is Cc1cc(F)ccc1NS(=O)(=O)c1c(Cl)cccc1Cl. The maximum absolute atomic E-state index is 13.0. The molecular weight excluding hydrogens is 324 g/mol. The summed E-state index contributed by atoms with van der Waals surface area (Å²) in [6.45, 7) is 1.59. The van der Waals surface area contributed by atoms with Crippen LogP contribution in [0.4, 0.5) is 10.1 Å². The van der Waals surface area contributed by atoms with Crippen molar-refractivity contribution in [3.05, 3.63) is 57.8 Å². The van der Waals surface area contributed by atoms with Crippen LogP contribution in [0.15, 0.2) is 41.3 Å². The summed E-state index contributed by atoms with van der Waals surface area (Å²) in [5, 5.41) is 0.0366. The van der Waals surface area contributed by atoms with Crippen LogP contribution in [-0.2, 0) is 10.0 Å². The fourth-order valence-electron chi connectivity index (χ4n) is 1.68. The minimum Gasteiger partial charge on any atom is -0.279 e. The van der Waals surface area contributed by atoms with Crippen LogP contribution < -0.4 is 4.72 Å². The Morgan fingerprint density at radius 1 is 1.10 bits per heavy atom. The van der Waals surface area contributed by atoms with Crippen LogP contribution in [0.2, 0.25) is 10.0 Å². The van der Waals surface area contributed by atoms with Crippen LogP contribution in [-0.4, -0.2) is 8.42 Å². The van der Waals surface area contributed by atoms with Crippen LogP contribution in [0, 0.1) is 12.7 Å². The lowest BCUT2D eigenvalue weighted by Crippen LogP contribution is -2.15. The lowest BCUT2D eigenvalue weighted by molar-refractivity contribution is 0.601. The highest BCUT2D eigenvalue weighted by atomic mass is 35.5. The number of nitrogens with one attached hydrogen (secondary N) is 1. The Bertz CT molecular complexity index is 743. The molecule has 1 N–H and O–H groups in total. The molecule has 0 aliphatic rings. The van der Waals surface area contributed by atoms with E-state index in [1.165, 1.54) is 30.3 Å². The van der Waals surface area contributed by atoms with E-state index in [2.05, 4.69) is 4.72 Å². The first-order valence-electron chi connectivity index (χ1n) is 5.54. The Balaban J connectivity index is 2.46. The Morgan fingerprint density at radius 2 is 1.70 bits per heavy atom. The third kappa shape index (κ3) is 3.06. The van der Waals surface area contributed by atoms with Crippen molar-refractivity contribution in [2.75, 3.05) is 4.72 Å². The van der Waals surface area contributed by atoms with Gasteiger partial charge < -0.3 is 0 Å². The summed E-state index contributed by atoms with van der Waals surface area (Å²) in [4.78, 5) is -0.202. The zero-order valence-corrected chi connectivity index (χ0v) is 12.7. The Kier molecular flexibility index (Phi) is 4.22. The molecule has 7 heteroatoms. The first-order chi connectivity index (χ1) is 9.31. The number of anilines is 1. The van der Waals surface area contributed by atoms with Gasteiger partial charge >= 0.3 is 0 Å². The molecular formula is C13H10Cl2FNO2S. The minimum atomic E-state index is -3.95. The maximum atomic E-state index is 13.0. The normalized spacial score (nSPS) is 11.4. The molecule has 106 valence electrons. The van der Waals surface area contributed by atoms with E-state index in [0.717, 1.165) is 0 Å². The van der Waals surface area contributed by atoms with Gasteiger partial charge in [0.15, 0.2) is 0 Å². The van der Waals surface area contributed by atoms with Gasteiger partial charge in [0.25, 0.3) is 10.0 Å². The van der Waals surface area contributed by atoms with Gasteiger partial charge in [-0.3, -0.25) is 4.72 Å². The number of halogens is 3. The molecule has 0 atom stereocenters. The van der Waals surface area contributed by atoms with E-state index in [4.69, 9.17) is 23.2 Å². The average molecular weight is 334 g/mol. The maximum Gasteiger partial charge on any atom is 0.264 e. The highest BCUT2D eigenvalue weighted by molar-refractivity contribution is 7.93. The molecule has 2 rings (SSSR count). The van der Waals surface area contributed by atoms with Crippen LogP contribution in [0.3, 0.4) is 0 Å². The summed E-state index contributed by atoms with van der Waals surface area (Å²) in [7, 11) is -3.95. The van der Waals surface area contributed by atoms with Crippen molar-refractivity contribution in [2.24, 2.45) is 0 Å². The number of sulfonamides is 1. The van der Waals surface area contributed by atoms with Gasteiger partial charge in [-0.1, -0.05) is 29.3 Å². The second kappa shape index (κ2) is 5.60. The lowest BCUT2D eigenvalue weighted by atomic mass is 10.2. The molecule has 0 radical (unpaired) electrons. The zero-order valence-electron chi connectivity index (χ0n) is 10.3. The van der Waals surface area contributed by atoms with E-state index < -0.39 is 15.8 Å². The molecule has 0 heterocycles.